The van der Waals surface area contributed by atoms with E-state index in [-0.39, 0.29) is 22.2 Å². The Hall–Kier alpha value is -0.160. The smallest absolute Gasteiger partial charge is 0.0770 e. The van der Waals surface area contributed by atoms with Gasteiger partial charge in [0.1, 0.15) is 0 Å². The number of hydrogen-bond acceptors (Lipinski definition) is 4. The van der Waals surface area contributed by atoms with Crippen molar-refractivity contribution in [3.8, 4) is 0 Å². The van der Waals surface area contributed by atoms with Gasteiger partial charge in [-0.15, -0.1) is 0 Å². The van der Waals surface area contributed by atoms with E-state index in [2.05, 4.69) is 72.5 Å². The summed E-state index contributed by atoms with van der Waals surface area (Å²) in [7, 11) is 0. The van der Waals surface area contributed by atoms with Crippen molar-refractivity contribution in [1.82, 2.24) is 10.2 Å². The van der Waals surface area contributed by atoms with E-state index < -0.39 is 0 Å². The van der Waals surface area contributed by atoms with Crippen LogP contribution in [0.3, 0.4) is 0 Å². The highest BCUT2D eigenvalue weighted by atomic mass is 16.5. The third-order valence-corrected chi connectivity index (χ3v) is 7.60. The topological polar surface area (TPSA) is 33.7 Å². The van der Waals surface area contributed by atoms with Crippen LogP contribution in [-0.2, 0) is 9.47 Å². The van der Waals surface area contributed by atoms with Gasteiger partial charge in [-0.05, 0) is 107 Å². The van der Waals surface area contributed by atoms with Gasteiger partial charge in [0.2, 0.25) is 0 Å². The molecule has 0 bridgehead atoms. The fourth-order valence-electron chi connectivity index (χ4n) is 6.19. The number of rotatable bonds is 11. The molecule has 4 nitrogen and oxygen atoms in total. The highest BCUT2D eigenvalue weighted by Gasteiger charge is 2.51. The van der Waals surface area contributed by atoms with Crippen molar-refractivity contribution in [3.63, 3.8) is 0 Å². The molecule has 4 heteroatoms. The van der Waals surface area contributed by atoms with Crippen molar-refractivity contribution in [2.24, 2.45) is 0 Å². The van der Waals surface area contributed by atoms with Gasteiger partial charge in [0.25, 0.3) is 0 Å². The van der Waals surface area contributed by atoms with Gasteiger partial charge in [-0.25, -0.2) is 0 Å². The maximum Gasteiger partial charge on any atom is 0.0770 e. The summed E-state index contributed by atoms with van der Waals surface area (Å²) in [6, 6.07) is 0. The Morgan fingerprint density at radius 1 is 0.806 bits per heavy atom. The lowest BCUT2D eigenvalue weighted by atomic mass is 9.96. The average Bonchev–Trinajstić information content (AvgIpc) is 2.72. The Kier molecular flexibility index (Phi) is 9.48. The lowest BCUT2D eigenvalue weighted by molar-refractivity contribution is -0.0230. The van der Waals surface area contributed by atoms with Gasteiger partial charge in [-0.1, -0.05) is 19.8 Å². The molecule has 0 amide bonds. The molecule has 184 valence electrons. The Bertz CT molecular complexity index is 541. The van der Waals surface area contributed by atoms with Crippen LogP contribution in [0, 0.1) is 0 Å². The normalized spacial score (nSPS) is 29.7. The Labute approximate surface area is 194 Å². The number of hydrogen-bond donors (Lipinski definition) is 1. The van der Waals surface area contributed by atoms with E-state index in [1.807, 2.05) is 0 Å². The molecule has 2 rings (SSSR count). The standard InChI is InChI=1S/C27H54N2O2/c1-10-11-12-17-29-26(6,7)21-23(27(29,8)9)31-19-14-13-18-30-22-15-16-24(2,3)28-25(4,5)20-22/h22-23,28H,10-21H2,1-9H3. The molecular formula is C27H54N2O2. The highest BCUT2D eigenvalue weighted by Crippen LogP contribution is 2.42. The van der Waals surface area contributed by atoms with E-state index in [1.165, 1.54) is 32.2 Å². The maximum atomic E-state index is 6.46. The molecule has 0 aliphatic carbocycles. The number of unbranched alkanes of at least 4 members (excludes halogenated alkanes) is 3. The van der Waals surface area contributed by atoms with Crippen molar-refractivity contribution < 1.29 is 9.47 Å². The Morgan fingerprint density at radius 2 is 1.45 bits per heavy atom. The first kappa shape index (κ1) is 27.1. The fourth-order valence-corrected chi connectivity index (χ4v) is 6.19. The molecule has 0 aromatic carbocycles. The number of ether oxygens (including phenoxy) is 2. The van der Waals surface area contributed by atoms with Gasteiger partial charge in [0.15, 0.2) is 0 Å². The van der Waals surface area contributed by atoms with Crippen LogP contribution in [0.15, 0.2) is 0 Å². The van der Waals surface area contributed by atoms with Gasteiger partial charge < -0.3 is 14.8 Å². The number of likely N-dealkylation sites (tertiary alicyclic amines) is 1. The minimum atomic E-state index is 0.111. The fraction of sp³-hybridized carbons (Fsp3) is 1.00. The summed E-state index contributed by atoms with van der Waals surface area (Å²) >= 11 is 0. The molecule has 1 N–H and O–H groups in total. The first-order valence-corrected chi connectivity index (χ1v) is 13.1. The summed E-state index contributed by atoms with van der Waals surface area (Å²) in [6.07, 6.45) is 11.3. The quantitative estimate of drug-likeness (QED) is 0.383. The Balaban J connectivity index is 1.70. The minimum absolute atomic E-state index is 0.111. The van der Waals surface area contributed by atoms with E-state index in [9.17, 15) is 0 Å². The maximum absolute atomic E-state index is 6.46. The second-order valence-electron chi connectivity index (χ2n) is 12.7. The summed E-state index contributed by atoms with van der Waals surface area (Å²) in [5, 5.41) is 3.80. The summed E-state index contributed by atoms with van der Waals surface area (Å²) < 4.78 is 12.8. The minimum Gasteiger partial charge on any atom is -0.378 e. The second-order valence-corrected chi connectivity index (χ2v) is 12.7. The largest absolute Gasteiger partial charge is 0.378 e. The van der Waals surface area contributed by atoms with E-state index in [0.717, 1.165) is 45.3 Å². The van der Waals surface area contributed by atoms with Gasteiger partial charge in [-0.2, -0.15) is 0 Å². The summed E-state index contributed by atoms with van der Waals surface area (Å²) in [4.78, 5) is 2.70. The van der Waals surface area contributed by atoms with E-state index in [4.69, 9.17) is 9.47 Å². The van der Waals surface area contributed by atoms with Crippen molar-refractivity contribution in [2.75, 3.05) is 19.8 Å². The molecular weight excluding hydrogens is 384 g/mol. The molecule has 0 saturated carbocycles. The molecule has 0 aromatic heterocycles. The SMILES string of the molecule is CCCCCN1C(C)(C)CC(OCCCCOC2CCC(C)(C)NC(C)(C)C2)C1(C)C. The molecule has 2 unspecified atom stereocenters. The molecule has 0 radical (unpaired) electrons. The number of nitrogens with zero attached hydrogens (tertiary/aromatic N) is 1. The molecule has 2 atom stereocenters. The third kappa shape index (κ3) is 7.98. The summed E-state index contributed by atoms with van der Waals surface area (Å²) in [6.45, 7) is 23.9. The summed E-state index contributed by atoms with van der Waals surface area (Å²) in [5.41, 5.74) is 0.665. The average molecular weight is 439 g/mol. The lowest BCUT2D eigenvalue weighted by Gasteiger charge is -2.41. The van der Waals surface area contributed by atoms with Gasteiger partial charge in [0, 0.05) is 35.4 Å². The molecule has 2 saturated heterocycles. The van der Waals surface area contributed by atoms with Crippen LogP contribution in [0.1, 0.15) is 120 Å². The van der Waals surface area contributed by atoms with Crippen LogP contribution in [0.4, 0.5) is 0 Å². The Morgan fingerprint density at radius 3 is 2.10 bits per heavy atom. The molecule has 0 spiro atoms. The number of nitrogens with one attached hydrogen (secondary N) is 1. The first-order valence-electron chi connectivity index (χ1n) is 13.1. The van der Waals surface area contributed by atoms with Crippen LogP contribution < -0.4 is 5.32 Å². The monoisotopic (exact) mass is 438 g/mol. The highest BCUT2D eigenvalue weighted by molar-refractivity contribution is 5.06. The predicted octanol–water partition coefficient (Wildman–Crippen LogP) is 6.32. The van der Waals surface area contributed by atoms with Crippen LogP contribution in [-0.4, -0.2) is 59.0 Å². The van der Waals surface area contributed by atoms with Crippen LogP contribution >= 0.6 is 0 Å². The van der Waals surface area contributed by atoms with Crippen molar-refractivity contribution in [3.05, 3.63) is 0 Å². The van der Waals surface area contributed by atoms with Gasteiger partial charge >= 0.3 is 0 Å². The first-order chi connectivity index (χ1) is 14.3. The zero-order valence-electron chi connectivity index (χ0n) is 22.4. The van der Waals surface area contributed by atoms with E-state index >= 15 is 0 Å². The molecule has 31 heavy (non-hydrogen) atoms. The van der Waals surface area contributed by atoms with E-state index in [0.29, 0.717) is 12.2 Å². The lowest BCUT2D eigenvalue weighted by Crippen LogP contribution is -2.51. The third-order valence-electron chi connectivity index (χ3n) is 7.60. The van der Waals surface area contributed by atoms with Crippen LogP contribution in [0.5, 0.6) is 0 Å². The van der Waals surface area contributed by atoms with Crippen molar-refractivity contribution in [2.45, 2.75) is 154 Å². The zero-order chi connectivity index (χ0) is 23.3. The molecule has 2 heterocycles. The van der Waals surface area contributed by atoms with Crippen molar-refractivity contribution >= 4 is 0 Å². The molecule has 0 aromatic rings. The van der Waals surface area contributed by atoms with Crippen molar-refractivity contribution in [1.29, 1.82) is 0 Å². The summed E-state index contributed by atoms with van der Waals surface area (Å²) in [5.74, 6) is 0. The molecule has 2 fully saturated rings. The molecule has 2 aliphatic rings. The van der Waals surface area contributed by atoms with Crippen LogP contribution in [0.2, 0.25) is 0 Å². The van der Waals surface area contributed by atoms with Crippen LogP contribution in [0.25, 0.3) is 0 Å². The zero-order valence-corrected chi connectivity index (χ0v) is 22.4. The van der Waals surface area contributed by atoms with Gasteiger partial charge in [-0.3, -0.25) is 4.90 Å². The van der Waals surface area contributed by atoms with Gasteiger partial charge in [0.05, 0.1) is 12.2 Å². The molecule has 2 aliphatic heterocycles. The predicted molar refractivity (Wildman–Crippen MR) is 133 cm³/mol. The second kappa shape index (κ2) is 10.8. The van der Waals surface area contributed by atoms with E-state index in [1.54, 1.807) is 0 Å².